The van der Waals surface area contributed by atoms with Gasteiger partial charge < -0.3 is 10.3 Å². The lowest BCUT2D eigenvalue weighted by Gasteiger charge is -2.06. The molecule has 0 aliphatic heterocycles. The second kappa shape index (κ2) is 5.47. The monoisotopic (exact) mass is 284 g/mol. The van der Waals surface area contributed by atoms with E-state index in [1.807, 2.05) is 6.07 Å². The smallest absolute Gasteiger partial charge is 0.251 e. The first-order valence-electron chi connectivity index (χ1n) is 6.93. The van der Waals surface area contributed by atoms with Crippen molar-refractivity contribution in [2.45, 2.75) is 19.9 Å². The minimum atomic E-state index is -0.255. The van der Waals surface area contributed by atoms with Crippen molar-refractivity contribution < 1.29 is 4.79 Å². The van der Waals surface area contributed by atoms with Crippen LogP contribution in [-0.4, -0.2) is 20.9 Å². The number of H-pyrrole nitrogens is 1. The van der Waals surface area contributed by atoms with Crippen LogP contribution < -0.4 is 10.9 Å². The molecule has 2 atom stereocenters. The van der Waals surface area contributed by atoms with Gasteiger partial charge in [-0.25, -0.2) is 4.98 Å². The number of carbonyl (C=O) groups excluding carboxylic acids is 1. The lowest BCUT2D eigenvalue weighted by Crippen LogP contribution is -2.26. The summed E-state index contributed by atoms with van der Waals surface area (Å²) in [5.74, 6) is 1.01. The molecule has 6 nitrogen and oxygen atoms in total. The summed E-state index contributed by atoms with van der Waals surface area (Å²) < 4.78 is 0. The van der Waals surface area contributed by atoms with Gasteiger partial charge in [-0.15, -0.1) is 0 Å². The molecule has 0 spiro atoms. The Labute approximate surface area is 121 Å². The molecule has 108 valence electrons. The van der Waals surface area contributed by atoms with Gasteiger partial charge in [0.1, 0.15) is 5.69 Å². The van der Waals surface area contributed by atoms with Crippen LogP contribution in [0, 0.1) is 11.8 Å². The van der Waals surface area contributed by atoms with Gasteiger partial charge in [0.2, 0.25) is 5.91 Å². The van der Waals surface area contributed by atoms with Gasteiger partial charge in [0.25, 0.3) is 5.56 Å². The van der Waals surface area contributed by atoms with Gasteiger partial charge in [0, 0.05) is 18.2 Å². The number of nitrogens with one attached hydrogen (secondary N) is 2. The van der Waals surface area contributed by atoms with E-state index in [1.54, 1.807) is 18.3 Å². The Balaban J connectivity index is 1.75. The van der Waals surface area contributed by atoms with E-state index < -0.39 is 0 Å². The second-order valence-corrected chi connectivity index (χ2v) is 5.34. The van der Waals surface area contributed by atoms with Gasteiger partial charge in [-0.2, -0.15) is 0 Å². The summed E-state index contributed by atoms with van der Waals surface area (Å²) in [5, 5.41) is 2.82. The van der Waals surface area contributed by atoms with Crippen molar-refractivity contribution in [3.63, 3.8) is 0 Å². The zero-order valence-corrected chi connectivity index (χ0v) is 11.7. The molecule has 0 radical (unpaired) electrons. The van der Waals surface area contributed by atoms with Gasteiger partial charge in [0.15, 0.2) is 5.82 Å². The number of amides is 1. The van der Waals surface area contributed by atoms with Crippen LogP contribution in [0.15, 0.2) is 35.3 Å². The molecule has 0 aromatic carbocycles. The van der Waals surface area contributed by atoms with Gasteiger partial charge >= 0.3 is 0 Å². The Hall–Kier alpha value is -2.50. The number of hydrogen-bond acceptors (Lipinski definition) is 4. The van der Waals surface area contributed by atoms with E-state index in [0.717, 1.165) is 6.42 Å². The van der Waals surface area contributed by atoms with E-state index in [0.29, 0.717) is 23.1 Å². The van der Waals surface area contributed by atoms with Crippen LogP contribution in [-0.2, 0) is 11.3 Å². The summed E-state index contributed by atoms with van der Waals surface area (Å²) in [5.41, 5.74) is 0.870. The van der Waals surface area contributed by atoms with E-state index >= 15 is 0 Å². The number of hydrogen-bond donors (Lipinski definition) is 2. The number of carbonyl (C=O) groups is 1. The second-order valence-electron chi connectivity index (χ2n) is 5.34. The van der Waals surface area contributed by atoms with E-state index in [4.69, 9.17) is 0 Å². The summed E-state index contributed by atoms with van der Waals surface area (Å²) in [6.45, 7) is 2.31. The molecule has 0 unspecified atom stereocenters. The minimum Gasteiger partial charge on any atom is -0.350 e. The largest absolute Gasteiger partial charge is 0.350 e. The van der Waals surface area contributed by atoms with Crippen molar-refractivity contribution in [2.24, 2.45) is 11.8 Å². The first-order chi connectivity index (χ1) is 10.1. The van der Waals surface area contributed by atoms with Crippen molar-refractivity contribution in [1.29, 1.82) is 0 Å². The molecule has 2 aromatic heterocycles. The van der Waals surface area contributed by atoms with E-state index in [2.05, 4.69) is 27.2 Å². The van der Waals surface area contributed by atoms with E-state index in [-0.39, 0.29) is 23.9 Å². The molecule has 0 saturated heterocycles. The zero-order valence-electron chi connectivity index (χ0n) is 11.7. The fourth-order valence-electron chi connectivity index (χ4n) is 2.22. The number of rotatable bonds is 4. The summed E-state index contributed by atoms with van der Waals surface area (Å²) in [6.07, 6.45) is 2.58. The number of pyridine rings is 1. The van der Waals surface area contributed by atoms with Gasteiger partial charge in [0.05, 0.1) is 12.2 Å². The highest BCUT2D eigenvalue weighted by atomic mass is 16.2. The molecule has 1 aliphatic carbocycles. The number of nitrogens with zero attached hydrogens (tertiary/aromatic N) is 2. The van der Waals surface area contributed by atoms with Crippen molar-refractivity contribution in [1.82, 2.24) is 20.3 Å². The highest BCUT2D eigenvalue weighted by Gasteiger charge is 2.38. The van der Waals surface area contributed by atoms with Crippen LogP contribution in [0.5, 0.6) is 0 Å². The maximum Gasteiger partial charge on any atom is 0.251 e. The molecule has 1 amide bonds. The molecule has 1 aliphatic rings. The third kappa shape index (κ3) is 3.16. The molecule has 0 bridgehead atoms. The molecule has 2 aromatic rings. The minimum absolute atomic E-state index is 0.0315. The van der Waals surface area contributed by atoms with Crippen LogP contribution in [0.3, 0.4) is 0 Å². The highest BCUT2D eigenvalue weighted by Crippen LogP contribution is 2.37. The predicted octanol–water partition coefficient (Wildman–Crippen LogP) is 1.10. The van der Waals surface area contributed by atoms with Crippen molar-refractivity contribution in [3.05, 3.63) is 46.5 Å². The lowest BCUT2D eigenvalue weighted by atomic mass is 10.3. The van der Waals surface area contributed by atoms with Crippen molar-refractivity contribution >= 4 is 5.91 Å². The van der Waals surface area contributed by atoms with Gasteiger partial charge in [-0.3, -0.25) is 14.6 Å². The number of aromatic amines is 1. The Morgan fingerprint density at radius 1 is 1.48 bits per heavy atom. The van der Waals surface area contributed by atoms with Gasteiger partial charge in [-0.05, 0) is 24.5 Å². The molecular weight excluding hydrogens is 268 g/mol. The Morgan fingerprint density at radius 2 is 2.29 bits per heavy atom. The standard InChI is InChI=1S/C15H16N4O2/c1-9-6-11(9)15(21)17-8-10-7-13(20)19-14(18-10)12-4-2-3-5-16-12/h2-5,7,9,11H,6,8H2,1H3,(H,17,21)(H,18,19,20)/t9-,11-/m1/s1. The van der Waals surface area contributed by atoms with Crippen LogP contribution in [0.25, 0.3) is 11.5 Å². The normalized spacial score (nSPS) is 20.0. The van der Waals surface area contributed by atoms with E-state index in [1.165, 1.54) is 6.07 Å². The van der Waals surface area contributed by atoms with Crippen LogP contribution in [0.4, 0.5) is 0 Å². The fraction of sp³-hybridized carbons (Fsp3) is 0.333. The van der Waals surface area contributed by atoms with Crippen LogP contribution in [0.2, 0.25) is 0 Å². The molecule has 2 N–H and O–H groups in total. The van der Waals surface area contributed by atoms with E-state index in [9.17, 15) is 9.59 Å². The summed E-state index contributed by atoms with van der Waals surface area (Å²) in [4.78, 5) is 34.6. The van der Waals surface area contributed by atoms with Crippen LogP contribution in [0.1, 0.15) is 19.0 Å². The van der Waals surface area contributed by atoms with Crippen LogP contribution >= 0.6 is 0 Å². The van der Waals surface area contributed by atoms with Gasteiger partial charge in [-0.1, -0.05) is 13.0 Å². The molecular formula is C15H16N4O2. The molecule has 3 rings (SSSR count). The summed E-state index contributed by atoms with van der Waals surface area (Å²) >= 11 is 0. The quantitative estimate of drug-likeness (QED) is 0.880. The third-order valence-electron chi connectivity index (χ3n) is 3.59. The third-order valence-corrected chi connectivity index (χ3v) is 3.59. The lowest BCUT2D eigenvalue weighted by molar-refractivity contribution is -0.122. The Kier molecular flexibility index (Phi) is 3.51. The van der Waals surface area contributed by atoms with Crippen molar-refractivity contribution in [3.8, 4) is 11.5 Å². The SMILES string of the molecule is C[C@@H]1C[C@H]1C(=O)NCc1cc(=O)[nH]c(-c2ccccn2)n1. The highest BCUT2D eigenvalue weighted by molar-refractivity contribution is 5.81. The first-order valence-corrected chi connectivity index (χ1v) is 6.93. The first kappa shape index (κ1) is 13.5. The molecule has 1 saturated carbocycles. The maximum atomic E-state index is 11.8. The summed E-state index contributed by atoms with van der Waals surface area (Å²) in [7, 11) is 0. The topological polar surface area (TPSA) is 87.7 Å². The molecule has 1 fully saturated rings. The molecule has 2 heterocycles. The maximum absolute atomic E-state index is 11.8. The predicted molar refractivity (Wildman–Crippen MR) is 77.2 cm³/mol. The van der Waals surface area contributed by atoms with Crippen molar-refractivity contribution in [2.75, 3.05) is 0 Å². The molecule has 6 heteroatoms. The Morgan fingerprint density at radius 3 is 2.95 bits per heavy atom. The zero-order chi connectivity index (χ0) is 14.8. The number of aromatic nitrogens is 3. The Bertz CT molecular complexity index is 711. The molecule has 21 heavy (non-hydrogen) atoms. The average molecular weight is 284 g/mol. The average Bonchev–Trinajstić information content (AvgIpc) is 3.22. The fourth-order valence-corrected chi connectivity index (χ4v) is 2.22. The summed E-state index contributed by atoms with van der Waals surface area (Å²) in [6, 6.07) is 6.78.